The molecule has 1 saturated carbocycles. The first kappa shape index (κ1) is 14.9. The zero-order valence-corrected chi connectivity index (χ0v) is 13.5. The van der Waals surface area contributed by atoms with Crippen LogP contribution >= 0.6 is 23.4 Å². The van der Waals surface area contributed by atoms with Crippen molar-refractivity contribution in [1.29, 1.82) is 0 Å². The maximum Gasteiger partial charge on any atom is 0.137 e. The molecule has 1 fully saturated rings. The molecule has 0 bridgehead atoms. The van der Waals surface area contributed by atoms with Gasteiger partial charge in [-0.25, -0.2) is 9.97 Å². The maximum atomic E-state index is 6.19. The van der Waals surface area contributed by atoms with Crippen molar-refractivity contribution in [3.05, 3.63) is 16.5 Å². The van der Waals surface area contributed by atoms with E-state index in [2.05, 4.69) is 28.5 Å². The van der Waals surface area contributed by atoms with Crippen molar-refractivity contribution >= 4 is 29.2 Å². The van der Waals surface area contributed by atoms with Gasteiger partial charge in [0, 0.05) is 23.3 Å². The molecule has 5 heteroatoms. The van der Waals surface area contributed by atoms with Crippen molar-refractivity contribution in [2.45, 2.75) is 50.7 Å². The number of hydrogen-bond donors (Lipinski definition) is 1. The molecule has 1 aromatic rings. The number of rotatable bonds is 6. The van der Waals surface area contributed by atoms with Crippen molar-refractivity contribution in [1.82, 2.24) is 9.97 Å². The van der Waals surface area contributed by atoms with E-state index in [0.29, 0.717) is 9.90 Å². The lowest BCUT2D eigenvalue weighted by Gasteiger charge is -2.40. The molecule has 3 nitrogen and oxygen atoms in total. The van der Waals surface area contributed by atoms with Crippen LogP contribution in [0.25, 0.3) is 0 Å². The van der Waals surface area contributed by atoms with E-state index in [1.54, 1.807) is 0 Å². The van der Waals surface area contributed by atoms with Crippen LogP contribution in [-0.4, -0.2) is 27.5 Å². The third kappa shape index (κ3) is 3.34. The van der Waals surface area contributed by atoms with Crippen molar-refractivity contribution in [3.63, 3.8) is 0 Å². The predicted molar refractivity (Wildman–Crippen MR) is 84.4 cm³/mol. The lowest BCUT2D eigenvalue weighted by Crippen LogP contribution is -2.40. The Morgan fingerprint density at radius 1 is 1.37 bits per heavy atom. The van der Waals surface area contributed by atoms with Crippen molar-refractivity contribution < 1.29 is 0 Å². The van der Waals surface area contributed by atoms with Gasteiger partial charge in [-0.2, -0.15) is 11.8 Å². The van der Waals surface area contributed by atoms with Crippen LogP contribution in [0.5, 0.6) is 0 Å². The molecule has 1 aromatic heterocycles. The molecule has 1 aliphatic rings. The third-order valence-corrected chi connectivity index (χ3v) is 5.67. The monoisotopic (exact) mass is 299 g/mol. The Morgan fingerprint density at radius 2 is 2.11 bits per heavy atom. The number of aromatic nitrogens is 2. The van der Waals surface area contributed by atoms with Gasteiger partial charge in [-0.1, -0.05) is 24.9 Å². The van der Waals surface area contributed by atoms with Crippen LogP contribution in [0.3, 0.4) is 0 Å². The summed E-state index contributed by atoms with van der Waals surface area (Å²) in [6.07, 6.45) is 8.04. The molecular weight excluding hydrogens is 278 g/mol. The minimum absolute atomic E-state index is 0.398. The molecule has 0 unspecified atom stereocenters. The van der Waals surface area contributed by atoms with Gasteiger partial charge in [0.25, 0.3) is 0 Å². The Labute approximate surface area is 124 Å². The van der Waals surface area contributed by atoms with Crippen LogP contribution in [-0.2, 0) is 6.42 Å². The van der Waals surface area contributed by atoms with Crippen molar-refractivity contribution in [2.75, 3.05) is 18.1 Å². The minimum Gasteiger partial charge on any atom is -0.368 e. The number of hydrogen-bond acceptors (Lipinski definition) is 4. The Morgan fingerprint density at radius 3 is 2.63 bits per heavy atom. The van der Waals surface area contributed by atoms with E-state index < -0.39 is 0 Å². The van der Waals surface area contributed by atoms with Gasteiger partial charge in [-0.3, -0.25) is 0 Å². The second kappa shape index (κ2) is 6.31. The topological polar surface area (TPSA) is 37.8 Å². The smallest absolute Gasteiger partial charge is 0.137 e. The SMILES string of the molecule is CCCc1nc(Cl)c(C)c(NCC2(SC)CCC2)n1. The van der Waals surface area contributed by atoms with Gasteiger partial charge in [-0.15, -0.1) is 0 Å². The maximum absolute atomic E-state index is 6.19. The van der Waals surface area contributed by atoms with Gasteiger partial charge in [0.05, 0.1) is 0 Å². The molecule has 19 heavy (non-hydrogen) atoms. The van der Waals surface area contributed by atoms with E-state index in [4.69, 9.17) is 11.6 Å². The number of nitrogens with one attached hydrogen (secondary N) is 1. The zero-order chi connectivity index (χ0) is 13.9. The Balaban J connectivity index is 2.10. The standard InChI is InChI=1S/C14H22ClN3S/c1-4-6-11-17-12(15)10(2)13(18-11)16-9-14(19-3)7-5-8-14/h4-9H2,1-3H3,(H,16,17,18). The molecule has 1 aliphatic carbocycles. The summed E-state index contributed by atoms with van der Waals surface area (Å²) in [6.45, 7) is 5.07. The van der Waals surface area contributed by atoms with Gasteiger partial charge < -0.3 is 5.32 Å². The lowest BCUT2D eigenvalue weighted by atomic mass is 9.84. The summed E-state index contributed by atoms with van der Waals surface area (Å²) in [5.74, 6) is 1.75. The molecule has 0 amide bonds. The van der Waals surface area contributed by atoms with Gasteiger partial charge in [0.2, 0.25) is 0 Å². The van der Waals surface area contributed by atoms with Crippen LogP contribution in [0.4, 0.5) is 5.82 Å². The number of nitrogens with zero attached hydrogens (tertiary/aromatic N) is 2. The van der Waals surface area contributed by atoms with Crippen molar-refractivity contribution in [3.8, 4) is 0 Å². The molecule has 0 spiro atoms. The fraction of sp³-hybridized carbons (Fsp3) is 0.714. The van der Waals surface area contributed by atoms with E-state index in [1.165, 1.54) is 19.3 Å². The van der Waals surface area contributed by atoms with Crippen molar-refractivity contribution in [2.24, 2.45) is 0 Å². The number of anilines is 1. The summed E-state index contributed by atoms with van der Waals surface area (Å²) in [5.41, 5.74) is 0.956. The highest BCUT2D eigenvalue weighted by molar-refractivity contribution is 8.00. The lowest BCUT2D eigenvalue weighted by molar-refractivity contribution is 0.379. The number of halogens is 1. The van der Waals surface area contributed by atoms with Gasteiger partial charge in [0.15, 0.2) is 0 Å². The molecule has 1 heterocycles. The fourth-order valence-corrected chi connectivity index (χ4v) is 3.41. The summed E-state index contributed by atoms with van der Waals surface area (Å²) >= 11 is 8.15. The number of aryl methyl sites for hydroxylation is 1. The molecule has 0 radical (unpaired) electrons. The minimum atomic E-state index is 0.398. The highest BCUT2D eigenvalue weighted by Crippen LogP contribution is 2.42. The van der Waals surface area contributed by atoms with Crippen LogP contribution < -0.4 is 5.32 Å². The molecule has 0 saturated heterocycles. The van der Waals surface area contributed by atoms with Crippen LogP contribution in [0.15, 0.2) is 0 Å². The molecular formula is C14H22ClN3S. The second-order valence-corrected chi connectivity index (χ2v) is 6.88. The largest absolute Gasteiger partial charge is 0.368 e. The Kier molecular flexibility index (Phi) is 4.96. The van der Waals surface area contributed by atoms with E-state index in [9.17, 15) is 0 Å². The summed E-state index contributed by atoms with van der Waals surface area (Å²) in [4.78, 5) is 8.93. The van der Waals surface area contributed by atoms with Crippen LogP contribution in [0, 0.1) is 6.92 Å². The Bertz CT molecular complexity index is 441. The molecule has 1 N–H and O–H groups in total. The average molecular weight is 300 g/mol. The summed E-state index contributed by atoms with van der Waals surface area (Å²) in [6, 6.07) is 0. The summed E-state index contributed by atoms with van der Waals surface area (Å²) in [5, 5.41) is 4.07. The van der Waals surface area contributed by atoms with E-state index in [-0.39, 0.29) is 0 Å². The summed E-state index contributed by atoms with van der Waals surface area (Å²) in [7, 11) is 0. The first-order valence-electron chi connectivity index (χ1n) is 6.92. The molecule has 2 rings (SSSR count). The highest BCUT2D eigenvalue weighted by atomic mass is 35.5. The highest BCUT2D eigenvalue weighted by Gasteiger charge is 2.36. The normalized spacial score (nSPS) is 17.1. The zero-order valence-electron chi connectivity index (χ0n) is 11.9. The molecule has 106 valence electrons. The van der Waals surface area contributed by atoms with E-state index in [1.807, 2.05) is 18.7 Å². The van der Waals surface area contributed by atoms with E-state index >= 15 is 0 Å². The average Bonchev–Trinajstić information content (AvgIpc) is 2.34. The number of thioether (sulfide) groups is 1. The van der Waals surface area contributed by atoms with Gasteiger partial charge in [-0.05, 0) is 32.4 Å². The third-order valence-electron chi connectivity index (χ3n) is 3.88. The fourth-order valence-electron chi connectivity index (χ4n) is 2.31. The first-order valence-corrected chi connectivity index (χ1v) is 8.52. The quantitative estimate of drug-likeness (QED) is 0.803. The molecule has 0 aromatic carbocycles. The van der Waals surface area contributed by atoms with Crippen LogP contribution in [0.1, 0.15) is 44.0 Å². The Hall–Kier alpha value is -0.480. The molecule has 0 atom stereocenters. The first-order chi connectivity index (χ1) is 9.10. The van der Waals surface area contributed by atoms with Gasteiger partial charge in [0.1, 0.15) is 16.8 Å². The second-order valence-electron chi connectivity index (χ2n) is 5.25. The van der Waals surface area contributed by atoms with Gasteiger partial charge >= 0.3 is 0 Å². The van der Waals surface area contributed by atoms with E-state index in [0.717, 1.165) is 36.6 Å². The predicted octanol–water partition coefficient (Wildman–Crippen LogP) is 4.09. The molecule has 0 aliphatic heterocycles. The summed E-state index contributed by atoms with van der Waals surface area (Å²) < 4.78 is 0.398. The van der Waals surface area contributed by atoms with Crippen LogP contribution in [0.2, 0.25) is 5.15 Å².